The first-order valence-corrected chi connectivity index (χ1v) is 8.78. The minimum absolute atomic E-state index is 0.0759. The quantitative estimate of drug-likeness (QED) is 0.538. The van der Waals surface area contributed by atoms with Gasteiger partial charge in [-0.3, -0.25) is 9.78 Å². The Balaban J connectivity index is 1.59. The van der Waals surface area contributed by atoms with Gasteiger partial charge < -0.3 is 15.2 Å². The third kappa shape index (κ3) is 3.38. The van der Waals surface area contributed by atoms with Crippen molar-refractivity contribution in [2.45, 2.75) is 0 Å². The summed E-state index contributed by atoms with van der Waals surface area (Å²) in [5.74, 6) is 0.323. The minimum atomic E-state index is -0.166. The van der Waals surface area contributed by atoms with Gasteiger partial charge in [0.05, 0.1) is 12.8 Å². The second-order valence-electron chi connectivity index (χ2n) is 6.30. The van der Waals surface area contributed by atoms with Gasteiger partial charge in [0.15, 0.2) is 11.5 Å². The number of benzene rings is 3. The standard InChI is InChI=1S/C23H18N2O3/c1-28-21-12-11-17-13-20(24-14-19(17)22(21)26)15-7-9-16(10-8-15)23(27)25-18-5-3-2-4-6-18/h2-14,26H,1H3,(H,25,27). The summed E-state index contributed by atoms with van der Waals surface area (Å²) in [7, 11) is 1.51. The van der Waals surface area contributed by atoms with Crippen LogP contribution >= 0.6 is 0 Å². The van der Waals surface area contributed by atoms with Crippen LogP contribution in [-0.2, 0) is 0 Å². The van der Waals surface area contributed by atoms with Crippen molar-refractivity contribution in [3.63, 3.8) is 0 Å². The number of fused-ring (bicyclic) bond motifs is 1. The Hall–Kier alpha value is -3.86. The number of pyridine rings is 1. The highest BCUT2D eigenvalue weighted by Crippen LogP contribution is 2.35. The molecule has 1 aromatic heterocycles. The van der Waals surface area contributed by atoms with Crippen LogP contribution in [0.5, 0.6) is 11.5 Å². The third-order valence-corrected chi connectivity index (χ3v) is 4.53. The van der Waals surface area contributed by atoms with E-state index in [9.17, 15) is 9.90 Å². The van der Waals surface area contributed by atoms with Gasteiger partial charge in [-0.25, -0.2) is 0 Å². The Morgan fingerprint density at radius 2 is 1.75 bits per heavy atom. The van der Waals surface area contributed by atoms with E-state index in [2.05, 4.69) is 10.3 Å². The molecule has 0 unspecified atom stereocenters. The maximum atomic E-state index is 12.4. The summed E-state index contributed by atoms with van der Waals surface area (Å²) in [5.41, 5.74) is 2.96. The average Bonchev–Trinajstić information content (AvgIpc) is 2.74. The Kier molecular flexibility index (Phi) is 4.64. The lowest BCUT2D eigenvalue weighted by molar-refractivity contribution is 0.102. The van der Waals surface area contributed by atoms with Crippen LogP contribution in [-0.4, -0.2) is 23.1 Å². The molecule has 3 aromatic carbocycles. The molecular formula is C23H18N2O3. The summed E-state index contributed by atoms with van der Waals surface area (Å²) < 4.78 is 5.13. The van der Waals surface area contributed by atoms with E-state index in [0.29, 0.717) is 16.7 Å². The topological polar surface area (TPSA) is 71.5 Å². The predicted molar refractivity (Wildman–Crippen MR) is 110 cm³/mol. The fourth-order valence-corrected chi connectivity index (χ4v) is 3.02. The lowest BCUT2D eigenvalue weighted by Crippen LogP contribution is -2.11. The van der Waals surface area contributed by atoms with Crippen molar-refractivity contribution in [3.05, 3.63) is 84.6 Å². The highest BCUT2D eigenvalue weighted by molar-refractivity contribution is 6.04. The van der Waals surface area contributed by atoms with E-state index in [0.717, 1.165) is 22.3 Å². The Labute approximate surface area is 162 Å². The van der Waals surface area contributed by atoms with Crippen molar-refractivity contribution in [3.8, 4) is 22.8 Å². The lowest BCUT2D eigenvalue weighted by atomic mass is 10.0. The molecule has 0 saturated carbocycles. The number of anilines is 1. The van der Waals surface area contributed by atoms with Crippen molar-refractivity contribution in [2.24, 2.45) is 0 Å². The molecule has 0 fully saturated rings. The molecule has 4 rings (SSSR count). The van der Waals surface area contributed by atoms with Crippen LogP contribution in [0.1, 0.15) is 10.4 Å². The van der Waals surface area contributed by atoms with E-state index >= 15 is 0 Å². The highest BCUT2D eigenvalue weighted by atomic mass is 16.5. The van der Waals surface area contributed by atoms with E-state index in [1.807, 2.05) is 54.6 Å². The van der Waals surface area contributed by atoms with Crippen molar-refractivity contribution < 1.29 is 14.6 Å². The number of phenols is 1. The number of aromatic hydroxyl groups is 1. The summed E-state index contributed by atoms with van der Waals surface area (Å²) in [4.78, 5) is 16.8. The molecule has 138 valence electrons. The monoisotopic (exact) mass is 370 g/mol. The average molecular weight is 370 g/mol. The van der Waals surface area contributed by atoms with Crippen LogP contribution < -0.4 is 10.1 Å². The largest absolute Gasteiger partial charge is 0.504 e. The summed E-state index contributed by atoms with van der Waals surface area (Å²) in [6.07, 6.45) is 1.62. The molecule has 0 radical (unpaired) electrons. The van der Waals surface area contributed by atoms with Crippen LogP contribution in [0.3, 0.4) is 0 Å². The number of hydrogen-bond acceptors (Lipinski definition) is 4. The number of ether oxygens (including phenoxy) is 1. The van der Waals surface area contributed by atoms with Gasteiger partial charge in [0.2, 0.25) is 0 Å². The molecule has 1 heterocycles. The zero-order chi connectivity index (χ0) is 19.5. The van der Waals surface area contributed by atoms with Crippen molar-refractivity contribution >= 4 is 22.4 Å². The summed E-state index contributed by atoms with van der Waals surface area (Å²) in [6, 6.07) is 22.1. The lowest BCUT2D eigenvalue weighted by Gasteiger charge is -2.09. The summed E-state index contributed by atoms with van der Waals surface area (Å²) >= 11 is 0. The first-order chi connectivity index (χ1) is 13.7. The van der Waals surface area contributed by atoms with Crippen LogP contribution in [0.2, 0.25) is 0 Å². The SMILES string of the molecule is COc1ccc2cc(-c3ccc(C(=O)Nc4ccccc4)cc3)ncc2c1O. The van der Waals surface area contributed by atoms with E-state index in [-0.39, 0.29) is 11.7 Å². The molecule has 0 aliphatic heterocycles. The molecule has 5 heteroatoms. The normalized spacial score (nSPS) is 10.6. The van der Waals surface area contributed by atoms with Gasteiger partial charge in [0.25, 0.3) is 5.91 Å². The molecule has 28 heavy (non-hydrogen) atoms. The van der Waals surface area contributed by atoms with Gasteiger partial charge >= 0.3 is 0 Å². The summed E-state index contributed by atoms with van der Waals surface area (Å²) in [6.45, 7) is 0. The number of amides is 1. The number of carbonyl (C=O) groups excluding carboxylic acids is 1. The van der Waals surface area contributed by atoms with Gasteiger partial charge in [0.1, 0.15) is 0 Å². The molecule has 5 nitrogen and oxygen atoms in total. The van der Waals surface area contributed by atoms with Crippen LogP contribution in [0.4, 0.5) is 5.69 Å². The Morgan fingerprint density at radius 1 is 1.00 bits per heavy atom. The van der Waals surface area contributed by atoms with Crippen LogP contribution in [0, 0.1) is 0 Å². The zero-order valence-electron chi connectivity index (χ0n) is 15.2. The molecular weight excluding hydrogens is 352 g/mol. The van der Waals surface area contributed by atoms with Crippen LogP contribution in [0.25, 0.3) is 22.0 Å². The smallest absolute Gasteiger partial charge is 0.255 e. The highest BCUT2D eigenvalue weighted by Gasteiger charge is 2.10. The van der Waals surface area contributed by atoms with Crippen molar-refractivity contribution in [2.75, 3.05) is 12.4 Å². The first-order valence-electron chi connectivity index (χ1n) is 8.78. The molecule has 0 spiro atoms. The fraction of sp³-hybridized carbons (Fsp3) is 0.0435. The van der Waals surface area contributed by atoms with Crippen molar-refractivity contribution in [1.29, 1.82) is 0 Å². The molecule has 0 aliphatic rings. The number of hydrogen-bond donors (Lipinski definition) is 2. The van der Waals surface area contributed by atoms with Crippen LogP contribution in [0.15, 0.2) is 79.0 Å². The second-order valence-corrected chi connectivity index (χ2v) is 6.30. The fourth-order valence-electron chi connectivity index (χ4n) is 3.02. The molecule has 2 N–H and O–H groups in total. The zero-order valence-corrected chi connectivity index (χ0v) is 15.2. The van der Waals surface area contributed by atoms with Gasteiger partial charge in [-0.15, -0.1) is 0 Å². The Bertz CT molecular complexity index is 1140. The number of nitrogens with zero attached hydrogens (tertiary/aromatic N) is 1. The summed E-state index contributed by atoms with van der Waals surface area (Å²) in [5, 5.41) is 14.6. The van der Waals surface area contributed by atoms with Gasteiger partial charge in [0, 0.05) is 28.4 Å². The van der Waals surface area contributed by atoms with E-state index in [1.165, 1.54) is 7.11 Å². The number of methoxy groups -OCH3 is 1. The maximum Gasteiger partial charge on any atom is 0.255 e. The molecule has 0 atom stereocenters. The molecule has 0 aliphatic carbocycles. The van der Waals surface area contributed by atoms with Gasteiger partial charge in [-0.1, -0.05) is 36.4 Å². The van der Waals surface area contributed by atoms with E-state index in [1.54, 1.807) is 24.4 Å². The first kappa shape index (κ1) is 17.5. The number of phenolic OH excluding ortho intramolecular Hbond substituents is 1. The number of nitrogens with one attached hydrogen (secondary N) is 1. The third-order valence-electron chi connectivity index (χ3n) is 4.53. The van der Waals surface area contributed by atoms with Gasteiger partial charge in [-0.05, 0) is 41.8 Å². The number of carbonyl (C=O) groups is 1. The minimum Gasteiger partial charge on any atom is -0.504 e. The number of aromatic nitrogens is 1. The number of rotatable bonds is 4. The molecule has 0 bridgehead atoms. The molecule has 4 aromatic rings. The molecule has 0 saturated heterocycles. The Morgan fingerprint density at radius 3 is 2.46 bits per heavy atom. The van der Waals surface area contributed by atoms with E-state index in [4.69, 9.17) is 4.74 Å². The second kappa shape index (κ2) is 7.40. The maximum absolute atomic E-state index is 12.4. The van der Waals surface area contributed by atoms with Gasteiger partial charge in [-0.2, -0.15) is 0 Å². The molecule has 1 amide bonds. The number of para-hydroxylation sites is 1. The predicted octanol–water partition coefficient (Wildman–Crippen LogP) is 4.87. The van der Waals surface area contributed by atoms with E-state index < -0.39 is 0 Å². The van der Waals surface area contributed by atoms with Crippen molar-refractivity contribution in [1.82, 2.24) is 4.98 Å².